The van der Waals surface area contributed by atoms with Crippen LogP contribution in [0.15, 0.2) is 33.7 Å². The number of hydrogen-bond acceptors (Lipinski definition) is 7. The third-order valence-electron chi connectivity index (χ3n) is 5.56. The van der Waals surface area contributed by atoms with E-state index in [2.05, 4.69) is 10.1 Å². The number of amides is 2. The number of carbonyl (C=O) groups excluding carboxylic acids is 2. The number of nitrogens with zero attached hydrogens (tertiary/aromatic N) is 4. The van der Waals surface area contributed by atoms with E-state index in [1.54, 1.807) is 11.8 Å². The standard InChI is InChI=1S/C25H36N4O4S/c1-17(2)29(24(31)32-25(4,5)6)15-19-10-9-13-28(14-19)23(30)20-11-7-8-12-21(20)34-16-22-26-18(3)33-27-22/h7-8,11-12,17,19H,9-10,13-16H2,1-6H3. The van der Waals surface area contributed by atoms with Gasteiger partial charge in [-0.15, -0.1) is 11.8 Å². The van der Waals surface area contributed by atoms with Crippen LogP contribution in [0.3, 0.4) is 0 Å². The topological polar surface area (TPSA) is 88.8 Å². The average molecular weight is 489 g/mol. The van der Waals surface area contributed by atoms with Crippen LogP contribution in [-0.2, 0) is 10.5 Å². The summed E-state index contributed by atoms with van der Waals surface area (Å²) in [6.45, 7) is 13.3. The Hall–Kier alpha value is -2.55. The lowest BCUT2D eigenvalue weighted by Gasteiger charge is -2.37. The molecule has 2 aromatic rings. The normalized spacial score (nSPS) is 16.6. The van der Waals surface area contributed by atoms with Gasteiger partial charge in [-0.05, 0) is 65.5 Å². The van der Waals surface area contributed by atoms with Gasteiger partial charge in [0.05, 0.1) is 11.3 Å². The van der Waals surface area contributed by atoms with E-state index in [1.807, 2.05) is 63.8 Å². The fourth-order valence-electron chi connectivity index (χ4n) is 3.98. The minimum atomic E-state index is -0.541. The van der Waals surface area contributed by atoms with Crippen molar-refractivity contribution >= 4 is 23.8 Å². The Bertz CT molecular complexity index is 985. The number of piperidine rings is 1. The highest BCUT2D eigenvalue weighted by Crippen LogP contribution is 2.28. The molecule has 1 aromatic carbocycles. The van der Waals surface area contributed by atoms with E-state index >= 15 is 0 Å². The summed E-state index contributed by atoms with van der Waals surface area (Å²) >= 11 is 1.53. The van der Waals surface area contributed by atoms with Crippen molar-refractivity contribution in [3.05, 3.63) is 41.5 Å². The van der Waals surface area contributed by atoms with Crippen molar-refractivity contribution in [2.45, 2.75) is 76.7 Å². The van der Waals surface area contributed by atoms with Gasteiger partial charge >= 0.3 is 6.09 Å². The number of likely N-dealkylation sites (tertiary alicyclic amines) is 1. The first-order valence-corrected chi connectivity index (χ1v) is 12.8. The Balaban J connectivity index is 1.66. The van der Waals surface area contributed by atoms with Gasteiger partial charge in [0.15, 0.2) is 5.82 Å². The maximum Gasteiger partial charge on any atom is 0.410 e. The number of rotatable bonds is 7. The Morgan fingerprint density at radius 3 is 2.68 bits per heavy atom. The average Bonchev–Trinajstić information content (AvgIpc) is 3.19. The van der Waals surface area contributed by atoms with Crippen LogP contribution in [-0.4, -0.2) is 63.2 Å². The van der Waals surface area contributed by atoms with E-state index in [-0.39, 0.29) is 24.0 Å². The first-order chi connectivity index (χ1) is 16.0. The van der Waals surface area contributed by atoms with E-state index in [0.717, 1.165) is 17.7 Å². The minimum Gasteiger partial charge on any atom is -0.444 e. The summed E-state index contributed by atoms with van der Waals surface area (Å²) < 4.78 is 10.7. The molecule has 0 saturated carbocycles. The van der Waals surface area contributed by atoms with Crippen LogP contribution in [0.1, 0.15) is 69.5 Å². The summed E-state index contributed by atoms with van der Waals surface area (Å²) in [4.78, 5) is 35.1. The number of aromatic nitrogens is 2. The van der Waals surface area contributed by atoms with Gasteiger partial charge in [0.1, 0.15) is 5.60 Å². The molecule has 0 N–H and O–H groups in total. The van der Waals surface area contributed by atoms with E-state index in [9.17, 15) is 9.59 Å². The Morgan fingerprint density at radius 2 is 2.03 bits per heavy atom. The number of carbonyl (C=O) groups is 2. The lowest BCUT2D eigenvalue weighted by molar-refractivity contribution is 0.0124. The summed E-state index contributed by atoms with van der Waals surface area (Å²) in [7, 11) is 0. The van der Waals surface area contributed by atoms with Gasteiger partial charge in [-0.3, -0.25) is 4.79 Å². The third-order valence-corrected chi connectivity index (χ3v) is 6.63. The summed E-state index contributed by atoms with van der Waals surface area (Å²) in [6, 6.07) is 7.67. The van der Waals surface area contributed by atoms with Gasteiger partial charge in [-0.25, -0.2) is 4.79 Å². The molecule has 186 valence electrons. The zero-order valence-electron chi connectivity index (χ0n) is 21.0. The predicted octanol–water partition coefficient (Wildman–Crippen LogP) is 5.17. The summed E-state index contributed by atoms with van der Waals surface area (Å²) in [5.74, 6) is 1.89. The molecule has 0 bridgehead atoms. The first-order valence-electron chi connectivity index (χ1n) is 11.8. The molecule has 0 spiro atoms. The molecule has 34 heavy (non-hydrogen) atoms. The van der Waals surface area contributed by atoms with Gasteiger partial charge in [-0.2, -0.15) is 4.98 Å². The van der Waals surface area contributed by atoms with Crippen molar-refractivity contribution in [2.24, 2.45) is 5.92 Å². The van der Waals surface area contributed by atoms with Crippen LogP contribution >= 0.6 is 11.8 Å². The smallest absolute Gasteiger partial charge is 0.410 e. The Labute approximate surface area is 206 Å². The first kappa shape index (κ1) is 26.1. The van der Waals surface area contributed by atoms with Gasteiger partial charge < -0.3 is 19.1 Å². The highest BCUT2D eigenvalue weighted by atomic mass is 32.2. The molecule has 1 aromatic heterocycles. The molecular weight excluding hydrogens is 452 g/mol. The molecule has 1 atom stereocenters. The lowest BCUT2D eigenvalue weighted by Crippen LogP contribution is -2.48. The number of thioether (sulfide) groups is 1. The lowest BCUT2D eigenvalue weighted by atomic mass is 9.96. The van der Waals surface area contributed by atoms with Gasteiger partial charge in [-0.1, -0.05) is 17.3 Å². The van der Waals surface area contributed by atoms with Crippen molar-refractivity contribution in [3.63, 3.8) is 0 Å². The molecule has 0 radical (unpaired) electrons. The van der Waals surface area contributed by atoms with Crippen molar-refractivity contribution in [1.82, 2.24) is 19.9 Å². The molecule has 1 aliphatic heterocycles. The van der Waals surface area contributed by atoms with Crippen molar-refractivity contribution < 1.29 is 18.8 Å². The zero-order valence-corrected chi connectivity index (χ0v) is 21.9. The van der Waals surface area contributed by atoms with Crippen LogP contribution in [0.25, 0.3) is 0 Å². The number of hydrogen-bond donors (Lipinski definition) is 0. The Morgan fingerprint density at radius 1 is 1.29 bits per heavy atom. The molecular formula is C25H36N4O4S. The second-order valence-electron chi connectivity index (χ2n) is 10.0. The molecule has 1 saturated heterocycles. The minimum absolute atomic E-state index is 0.0189. The van der Waals surface area contributed by atoms with Crippen LogP contribution in [0.2, 0.25) is 0 Å². The highest BCUT2D eigenvalue weighted by molar-refractivity contribution is 7.98. The molecule has 9 heteroatoms. The summed E-state index contributed by atoms with van der Waals surface area (Å²) in [6.07, 6.45) is 1.58. The Kier molecular flexibility index (Phi) is 8.62. The van der Waals surface area contributed by atoms with Crippen LogP contribution < -0.4 is 0 Å². The summed E-state index contributed by atoms with van der Waals surface area (Å²) in [5.41, 5.74) is 0.140. The van der Waals surface area contributed by atoms with Gasteiger partial charge in [0.25, 0.3) is 5.91 Å². The van der Waals surface area contributed by atoms with E-state index in [0.29, 0.717) is 42.7 Å². The molecule has 8 nitrogen and oxygen atoms in total. The van der Waals surface area contributed by atoms with Crippen molar-refractivity contribution in [3.8, 4) is 0 Å². The van der Waals surface area contributed by atoms with Crippen LogP contribution in [0.4, 0.5) is 4.79 Å². The van der Waals surface area contributed by atoms with Crippen molar-refractivity contribution in [2.75, 3.05) is 19.6 Å². The maximum atomic E-state index is 13.5. The highest BCUT2D eigenvalue weighted by Gasteiger charge is 2.31. The van der Waals surface area contributed by atoms with E-state index < -0.39 is 5.60 Å². The van der Waals surface area contributed by atoms with E-state index in [4.69, 9.17) is 9.26 Å². The molecule has 1 unspecified atom stereocenters. The number of ether oxygens (including phenoxy) is 1. The monoisotopic (exact) mass is 488 g/mol. The predicted molar refractivity (Wildman–Crippen MR) is 132 cm³/mol. The quantitative estimate of drug-likeness (QED) is 0.497. The molecule has 0 aliphatic carbocycles. The molecule has 1 aliphatic rings. The second kappa shape index (κ2) is 11.3. The van der Waals surface area contributed by atoms with Crippen LogP contribution in [0.5, 0.6) is 0 Å². The molecule has 1 fully saturated rings. The molecule has 2 amide bonds. The fourth-order valence-corrected chi connectivity index (χ4v) is 4.86. The zero-order chi connectivity index (χ0) is 24.9. The molecule has 2 heterocycles. The van der Waals surface area contributed by atoms with Crippen LogP contribution in [0, 0.1) is 12.8 Å². The van der Waals surface area contributed by atoms with Gasteiger partial charge in [0, 0.05) is 37.5 Å². The van der Waals surface area contributed by atoms with E-state index in [1.165, 1.54) is 11.8 Å². The SMILES string of the molecule is Cc1nc(CSc2ccccc2C(=O)N2CCCC(CN(C(=O)OC(C)(C)C)C(C)C)C2)no1. The van der Waals surface area contributed by atoms with Crippen molar-refractivity contribution in [1.29, 1.82) is 0 Å². The fraction of sp³-hybridized carbons (Fsp3) is 0.600. The summed E-state index contributed by atoms with van der Waals surface area (Å²) in [5, 5.41) is 3.94. The third kappa shape index (κ3) is 7.22. The number of aryl methyl sites for hydroxylation is 1. The van der Waals surface area contributed by atoms with Gasteiger partial charge in [0.2, 0.25) is 5.89 Å². The second-order valence-corrected chi connectivity index (χ2v) is 11.0. The largest absolute Gasteiger partial charge is 0.444 e. The maximum absolute atomic E-state index is 13.5. The molecule has 3 rings (SSSR count). The number of benzene rings is 1.